The first kappa shape index (κ1) is 40.9. The van der Waals surface area contributed by atoms with E-state index >= 15 is 0 Å². The van der Waals surface area contributed by atoms with Crippen LogP contribution in [0.15, 0.2) is 6.07 Å². The smallest absolute Gasteiger partial charge is 0.397 e. The Balaban J connectivity index is 3.21. The minimum absolute atomic E-state index is 0.243. The highest BCUT2D eigenvalue weighted by atomic mass is 28.4. The van der Waals surface area contributed by atoms with E-state index in [1.165, 1.54) is 24.2 Å². The molecule has 0 aliphatic carbocycles. The molecule has 1 aromatic carbocycles. The van der Waals surface area contributed by atoms with Gasteiger partial charge in [0, 0.05) is 73.9 Å². The van der Waals surface area contributed by atoms with Crippen molar-refractivity contribution in [2.75, 3.05) is 64.7 Å². The van der Waals surface area contributed by atoms with E-state index < -0.39 is 35.0 Å². The van der Waals surface area contributed by atoms with Crippen LogP contribution in [0.2, 0.25) is 44.8 Å². The van der Waals surface area contributed by atoms with E-state index in [4.69, 9.17) is 22.1 Å². The molecular weight excluding hydrogens is 621 g/mol. The second-order valence-corrected chi connectivity index (χ2v) is 26.4. The SMILES string of the molecule is CCO[Si](CCCNC[SiH2]CCc1c(N(CC)CC)c([SiH](C)C)cc(C(C)[Si](C)(OC)OC)c1[SiH](C)C)(OCC)OCC. The Morgan fingerprint density at radius 2 is 1.47 bits per heavy atom. The molecule has 252 valence electrons. The molecule has 0 aliphatic rings. The zero-order valence-electron chi connectivity index (χ0n) is 30.3. The summed E-state index contributed by atoms with van der Waals surface area (Å²) in [7, 11) is -3.68. The highest BCUT2D eigenvalue weighted by molar-refractivity contribution is 6.75. The molecule has 0 amide bonds. The Morgan fingerprint density at radius 3 is 1.91 bits per heavy atom. The molecule has 12 heteroatoms. The van der Waals surface area contributed by atoms with Crippen LogP contribution >= 0.6 is 0 Å². The molecule has 0 saturated carbocycles. The first-order valence-electron chi connectivity index (χ1n) is 17.1. The van der Waals surface area contributed by atoms with Gasteiger partial charge in [0.2, 0.25) is 0 Å². The molecule has 1 unspecified atom stereocenters. The number of benzene rings is 1. The van der Waals surface area contributed by atoms with Crippen molar-refractivity contribution >= 4 is 60.5 Å². The molecule has 0 bridgehead atoms. The number of nitrogens with zero attached hydrogens (tertiary/aromatic N) is 1. The van der Waals surface area contributed by atoms with E-state index in [1.807, 2.05) is 35.0 Å². The van der Waals surface area contributed by atoms with E-state index in [2.05, 4.69) is 69.8 Å². The van der Waals surface area contributed by atoms with Gasteiger partial charge in [-0.3, -0.25) is 0 Å². The van der Waals surface area contributed by atoms with Gasteiger partial charge in [-0.1, -0.05) is 50.4 Å². The van der Waals surface area contributed by atoms with Gasteiger partial charge in [-0.2, -0.15) is 0 Å². The molecule has 43 heavy (non-hydrogen) atoms. The van der Waals surface area contributed by atoms with Gasteiger partial charge in [0.15, 0.2) is 0 Å². The minimum Gasteiger partial charge on any atom is -0.397 e. The van der Waals surface area contributed by atoms with Crippen molar-refractivity contribution in [1.29, 1.82) is 0 Å². The van der Waals surface area contributed by atoms with Crippen molar-refractivity contribution in [1.82, 2.24) is 5.32 Å². The average molecular weight is 689 g/mol. The average Bonchev–Trinajstić information content (AvgIpc) is 2.98. The monoisotopic (exact) mass is 688 g/mol. The van der Waals surface area contributed by atoms with Crippen LogP contribution in [0.25, 0.3) is 0 Å². The van der Waals surface area contributed by atoms with E-state index in [1.54, 1.807) is 21.6 Å². The van der Waals surface area contributed by atoms with Crippen molar-refractivity contribution < 1.29 is 22.1 Å². The lowest BCUT2D eigenvalue weighted by Crippen LogP contribution is -2.48. The number of anilines is 1. The van der Waals surface area contributed by atoms with Crippen molar-refractivity contribution in [2.45, 2.75) is 105 Å². The lowest BCUT2D eigenvalue weighted by atomic mass is 10.0. The summed E-state index contributed by atoms with van der Waals surface area (Å²) in [6.07, 6.45) is 3.39. The molecule has 0 spiro atoms. The van der Waals surface area contributed by atoms with Gasteiger partial charge in [0.1, 0.15) is 0 Å². The maximum atomic E-state index is 6.12. The maximum absolute atomic E-state index is 6.12. The van der Waals surface area contributed by atoms with Crippen LogP contribution in [0.1, 0.15) is 64.6 Å². The summed E-state index contributed by atoms with van der Waals surface area (Å²) in [5.41, 5.74) is 5.08. The van der Waals surface area contributed by atoms with Gasteiger partial charge < -0.3 is 32.3 Å². The summed E-state index contributed by atoms with van der Waals surface area (Å²) in [4.78, 5) is 2.65. The molecule has 0 saturated heterocycles. The van der Waals surface area contributed by atoms with E-state index in [0.29, 0.717) is 25.4 Å². The molecule has 1 aromatic rings. The first-order valence-corrected chi connectivity index (χ1v) is 29.2. The molecule has 0 aromatic heterocycles. The lowest BCUT2D eigenvalue weighted by molar-refractivity contribution is 0.0708. The van der Waals surface area contributed by atoms with Crippen LogP contribution in [0.5, 0.6) is 0 Å². The molecular formula is C31H68N2O5Si5. The molecule has 0 heterocycles. The fourth-order valence-corrected chi connectivity index (χ4v) is 15.5. The zero-order valence-corrected chi connectivity index (χ0v) is 36.0. The second-order valence-electron chi connectivity index (χ2n) is 12.2. The van der Waals surface area contributed by atoms with Crippen molar-refractivity contribution in [3.05, 3.63) is 17.2 Å². The standard InChI is InChI=1S/C31H68N2O5Si5/c1-14-33(15-2)30-27(20-22-39-25-32-21-19-23-43(36-16-3,37-17-4)38-18-5)31(41(11)12)28(24-29(30)40(9)10)26(6)42(13,34-7)35-8/h24,26,32,40-41H,14-23,25,39H2,1-13H3. The normalized spacial score (nSPS) is 13.7. The molecule has 0 radical (unpaired) electrons. The zero-order chi connectivity index (χ0) is 32.6. The first-order chi connectivity index (χ1) is 20.5. The van der Waals surface area contributed by atoms with Gasteiger partial charge in [0.25, 0.3) is 0 Å². The van der Waals surface area contributed by atoms with Crippen LogP contribution in [0, 0.1) is 0 Å². The third-order valence-electron chi connectivity index (χ3n) is 8.81. The summed E-state index contributed by atoms with van der Waals surface area (Å²) in [5.74, 6) is 0. The summed E-state index contributed by atoms with van der Waals surface area (Å²) >= 11 is 0. The molecule has 0 aliphatic heterocycles. The predicted octanol–water partition coefficient (Wildman–Crippen LogP) is 4.04. The fraction of sp³-hybridized carbons (Fsp3) is 0.806. The molecule has 1 N–H and O–H groups in total. The Morgan fingerprint density at radius 1 is 0.907 bits per heavy atom. The van der Waals surface area contributed by atoms with Gasteiger partial charge in [-0.05, 0) is 83.0 Å². The Labute approximate surface area is 273 Å². The molecule has 0 fully saturated rings. The van der Waals surface area contributed by atoms with Crippen molar-refractivity contribution in [3.8, 4) is 0 Å². The highest BCUT2D eigenvalue weighted by Crippen LogP contribution is 2.31. The van der Waals surface area contributed by atoms with Crippen LogP contribution < -0.4 is 20.6 Å². The third kappa shape index (κ3) is 11.6. The van der Waals surface area contributed by atoms with E-state index in [9.17, 15) is 0 Å². The number of rotatable bonds is 24. The van der Waals surface area contributed by atoms with Crippen LogP contribution in [0.4, 0.5) is 5.69 Å². The van der Waals surface area contributed by atoms with Gasteiger partial charge >= 0.3 is 17.4 Å². The quantitative estimate of drug-likeness (QED) is 0.130. The Kier molecular flexibility index (Phi) is 19.9. The van der Waals surface area contributed by atoms with Gasteiger partial charge in [-0.25, -0.2) is 0 Å². The Hall–Kier alpha value is -0.136. The minimum atomic E-state index is -2.55. The maximum Gasteiger partial charge on any atom is 0.500 e. The van der Waals surface area contributed by atoms with Gasteiger partial charge in [-0.15, -0.1) is 0 Å². The fourth-order valence-electron chi connectivity index (χ4n) is 6.26. The molecule has 1 rings (SSSR count). The molecule has 1 atom stereocenters. The van der Waals surface area contributed by atoms with Crippen LogP contribution in [-0.2, 0) is 28.6 Å². The Bertz CT molecular complexity index is 900. The molecule has 7 nitrogen and oxygen atoms in total. The largest absolute Gasteiger partial charge is 0.500 e. The van der Waals surface area contributed by atoms with Gasteiger partial charge in [0.05, 0.1) is 17.6 Å². The predicted molar refractivity (Wildman–Crippen MR) is 201 cm³/mol. The van der Waals surface area contributed by atoms with Crippen LogP contribution in [0.3, 0.4) is 0 Å². The number of hydrogen-bond donors (Lipinski definition) is 1. The summed E-state index contributed by atoms with van der Waals surface area (Å²) in [6.45, 7) is 30.4. The topological polar surface area (TPSA) is 61.4 Å². The summed E-state index contributed by atoms with van der Waals surface area (Å²) in [6, 6.07) is 4.81. The highest BCUT2D eigenvalue weighted by Gasteiger charge is 2.41. The second kappa shape index (κ2) is 20.9. The van der Waals surface area contributed by atoms with Crippen molar-refractivity contribution in [3.63, 3.8) is 0 Å². The number of hydrogen-bond acceptors (Lipinski definition) is 7. The van der Waals surface area contributed by atoms with Crippen LogP contribution in [-0.4, -0.2) is 104 Å². The number of nitrogens with one attached hydrogen (secondary N) is 1. The third-order valence-corrected chi connectivity index (χ3v) is 20.5. The summed E-state index contributed by atoms with van der Waals surface area (Å²) in [5, 5.41) is 7.08. The van der Waals surface area contributed by atoms with E-state index in [-0.39, 0.29) is 9.52 Å². The van der Waals surface area contributed by atoms with E-state index in [0.717, 1.165) is 32.1 Å². The summed E-state index contributed by atoms with van der Waals surface area (Å²) < 4.78 is 30.3. The lowest BCUT2D eigenvalue weighted by Gasteiger charge is -2.36. The van der Waals surface area contributed by atoms with Crippen molar-refractivity contribution in [2.24, 2.45) is 0 Å².